The molecule has 2 aromatic heterocycles. The molecular formula is C27H23F3N4O4. The Kier molecular flexibility index (Phi) is 6.85. The number of methoxy groups -OCH3 is 1. The van der Waals surface area contributed by atoms with Crippen molar-refractivity contribution in [2.24, 2.45) is 0 Å². The van der Waals surface area contributed by atoms with Crippen LogP contribution in [0.1, 0.15) is 27.5 Å². The van der Waals surface area contributed by atoms with E-state index in [1.165, 1.54) is 25.4 Å². The second kappa shape index (κ2) is 10.3. The standard InChI is InChI=1S/C27H23F3N4O4/c1-37-26(36)23(17-5-3-2-4-6-17)33-11-13-34(14-12-33)25(35)18-9-10-31-21(15-18)24-32-20-16-19(27(28,29)30)7-8-22(20)38-24/h2-10,15-16,23H,11-14H2,1H3. The van der Waals surface area contributed by atoms with Gasteiger partial charge in [-0.05, 0) is 35.9 Å². The van der Waals surface area contributed by atoms with Crippen molar-refractivity contribution in [1.29, 1.82) is 0 Å². The minimum absolute atomic E-state index is 0.0163. The van der Waals surface area contributed by atoms with E-state index in [1.54, 1.807) is 11.0 Å². The Labute approximate surface area is 215 Å². The molecule has 8 nitrogen and oxygen atoms in total. The monoisotopic (exact) mass is 524 g/mol. The minimum Gasteiger partial charge on any atom is -0.468 e. The second-order valence-electron chi connectivity index (χ2n) is 8.79. The number of alkyl halides is 3. The number of pyridine rings is 1. The minimum atomic E-state index is -4.50. The van der Waals surface area contributed by atoms with Crippen LogP contribution in [0.15, 0.2) is 71.3 Å². The Morgan fingerprint density at radius 3 is 2.42 bits per heavy atom. The van der Waals surface area contributed by atoms with Gasteiger partial charge in [0.1, 0.15) is 17.3 Å². The van der Waals surface area contributed by atoms with Gasteiger partial charge in [-0.15, -0.1) is 0 Å². The van der Waals surface area contributed by atoms with E-state index in [2.05, 4.69) is 9.97 Å². The van der Waals surface area contributed by atoms with Gasteiger partial charge in [0.05, 0.1) is 12.7 Å². The molecule has 0 bridgehead atoms. The number of hydrogen-bond acceptors (Lipinski definition) is 7. The van der Waals surface area contributed by atoms with E-state index in [-0.39, 0.29) is 34.6 Å². The number of halogens is 3. The Bertz CT molecular complexity index is 1460. The summed E-state index contributed by atoms with van der Waals surface area (Å²) in [5.41, 5.74) is 0.786. The number of amides is 1. The predicted molar refractivity (Wildman–Crippen MR) is 131 cm³/mol. The molecule has 1 aliphatic rings. The van der Waals surface area contributed by atoms with Crippen molar-refractivity contribution in [2.75, 3.05) is 33.3 Å². The lowest BCUT2D eigenvalue weighted by molar-refractivity contribution is -0.148. The number of esters is 1. The highest BCUT2D eigenvalue weighted by atomic mass is 19.4. The largest absolute Gasteiger partial charge is 0.468 e. The molecule has 196 valence electrons. The van der Waals surface area contributed by atoms with E-state index in [9.17, 15) is 22.8 Å². The first-order valence-corrected chi connectivity index (χ1v) is 11.8. The second-order valence-corrected chi connectivity index (χ2v) is 8.79. The fraction of sp³-hybridized carbons (Fsp3) is 0.259. The third kappa shape index (κ3) is 5.10. The molecule has 38 heavy (non-hydrogen) atoms. The topological polar surface area (TPSA) is 88.8 Å². The number of ether oxygens (including phenoxy) is 1. The summed E-state index contributed by atoms with van der Waals surface area (Å²) in [4.78, 5) is 37.8. The van der Waals surface area contributed by atoms with Crippen LogP contribution >= 0.6 is 0 Å². The molecular weight excluding hydrogens is 501 g/mol. The SMILES string of the molecule is COC(=O)C(c1ccccc1)N1CCN(C(=O)c2ccnc(-c3nc4cc(C(F)(F)F)ccc4o3)c2)CC1. The number of fused-ring (bicyclic) bond motifs is 1. The fourth-order valence-electron chi connectivity index (χ4n) is 4.50. The van der Waals surface area contributed by atoms with Crippen LogP contribution in [-0.2, 0) is 15.7 Å². The average Bonchev–Trinajstić information content (AvgIpc) is 3.37. The van der Waals surface area contributed by atoms with E-state index < -0.39 is 17.8 Å². The Hall–Kier alpha value is -4.25. The van der Waals surface area contributed by atoms with Gasteiger partial charge in [0.2, 0.25) is 5.89 Å². The van der Waals surface area contributed by atoms with Crippen molar-refractivity contribution in [1.82, 2.24) is 19.8 Å². The van der Waals surface area contributed by atoms with E-state index in [4.69, 9.17) is 9.15 Å². The van der Waals surface area contributed by atoms with E-state index in [0.29, 0.717) is 31.7 Å². The Morgan fingerprint density at radius 1 is 1.00 bits per heavy atom. The fourth-order valence-corrected chi connectivity index (χ4v) is 4.50. The summed E-state index contributed by atoms with van der Waals surface area (Å²) in [6, 6.07) is 14.9. The smallest absolute Gasteiger partial charge is 0.416 e. The maximum atomic E-state index is 13.3. The van der Waals surface area contributed by atoms with Crippen LogP contribution in [0, 0.1) is 0 Å². The molecule has 0 spiro atoms. The molecule has 0 saturated carbocycles. The molecule has 4 aromatic rings. The van der Waals surface area contributed by atoms with Crippen LogP contribution in [0.25, 0.3) is 22.7 Å². The van der Waals surface area contributed by atoms with Gasteiger partial charge in [-0.25, -0.2) is 9.78 Å². The van der Waals surface area contributed by atoms with Crippen molar-refractivity contribution in [3.8, 4) is 11.6 Å². The zero-order chi connectivity index (χ0) is 26.9. The van der Waals surface area contributed by atoms with Gasteiger partial charge in [-0.2, -0.15) is 13.2 Å². The first-order valence-electron chi connectivity index (χ1n) is 11.8. The number of hydrogen-bond donors (Lipinski definition) is 0. The molecule has 0 radical (unpaired) electrons. The number of oxazole rings is 1. The Balaban J connectivity index is 1.31. The van der Waals surface area contributed by atoms with Gasteiger partial charge in [0, 0.05) is 37.9 Å². The van der Waals surface area contributed by atoms with Crippen LogP contribution in [-0.4, -0.2) is 64.9 Å². The van der Waals surface area contributed by atoms with E-state index in [0.717, 1.165) is 17.7 Å². The summed E-state index contributed by atoms with van der Waals surface area (Å²) in [6.07, 6.45) is -3.07. The molecule has 1 amide bonds. The number of benzene rings is 2. The lowest BCUT2D eigenvalue weighted by Crippen LogP contribution is -2.51. The van der Waals surface area contributed by atoms with Gasteiger partial charge in [-0.1, -0.05) is 30.3 Å². The molecule has 1 aliphatic heterocycles. The van der Waals surface area contributed by atoms with Crippen molar-refractivity contribution in [3.63, 3.8) is 0 Å². The molecule has 11 heteroatoms. The van der Waals surface area contributed by atoms with Crippen molar-refractivity contribution < 1.29 is 31.9 Å². The van der Waals surface area contributed by atoms with E-state index in [1.807, 2.05) is 35.2 Å². The highest BCUT2D eigenvalue weighted by Crippen LogP contribution is 2.33. The highest BCUT2D eigenvalue weighted by Gasteiger charge is 2.33. The van der Waals surface area contributed by atoms with Crippen LogP contribution in [0.2, 0.25) is 0 Å². The van der Waals surface area contributed by atoms with Gasteiger partial charge in [0.15, 0.2) is 5.58 Å². The van der Waals surface area contributed by atoms with Crippen LogP contribution in [0.5, 0.6) is 0 Å². The van der Waals surface area contributed by atoms with Gasteiger partial charge in [-0.3, -0.25) is 14.7 Å². The van der Waals surface area contributed by atoms with Gasteiger partial charge >= 0.3 is 12.1 Å². The molecule has 3 heterocycles. The maximum Gasteiger partial charge on any atom is 0.416 e. The zero-order valence-electron chi connectivity index (χ0n) is 20.3. The summed E-state index contributed by atoms with van der Waals surface area (Å²) in [5.74, 6) is -0.587. The number of aromatic nitrogens is 2. The summed E-state index contributed by atoms with van der Waals surface area (Å²) < 4.78 is 49.7. The van der Waals surface area contributed by atoms with Crippen molar-refractivity contribution >= 4 is 23.0 Å². The first kappa shape index (κ1) is 25.4. The van der Waals surface area contributed by atoms with Crippen molar-refractivity contribution in [3.05, 3.63) is 83.6 Å². The molecule has 5 rings (SSSR count). The van der Waals surface area contributed by atoms with E-state index >= 15 is 0 Å². The van der Waals surface area contributed by atoms with Crippen molar-refractivity contribution in [2.45, 2.75) is 12.2 Å². The third-order valence-electron chi connectivity index (χ3n) is 6.45. The molecule has 1 atom stereocenters. The lowest BCUT2D eigenvalue weighted by Gasteiger charge is -2.38. The summed E-state index contributed by atoms with van der Waals surface area (Å²) in [7, 11) is 1.35. The number of rotatable bonds is 5. The number of nitrogens with zero attached hydrogens (tertiary/aromatic N) is 4. The quantitative estimate of drug-likeness (QED) is 0.353. The predicted octanol–water partition coefficient (Wildman–Crippen LogP) is 4.58. The first-order chi connectivity index (χ1) is 18.2. The zero-order valence-corrected chi connectivity index (χ0v) is 20.3. The summed E-state index contributed by atoms with van der Waals surface area (Å²) >= 11 is 0. The summed E-state index contributed by atoms with van der Waals surface area (Å²) in [5, 5.41) is 0. The Morgan fingerprint density at radius 2 is 1.74 bits per heavy atom. The lowest BCUT2D eigenvalue weighted by atomic mass is 10.0. The average molecular weight is 524 g/mol. The van der Waals surface area contributed by atoms with Gasteiger partial charge in [0.25, 0.3) is 5.91 Å². The molecule has 1 saturated heterocycles. The normalized spacial score (nSPS) is 15.4. The molecule has 1 fully saturated rings. The molecule has 0 aliphatic carbocycles. The number of piperazine rings is 1. The third-order valence-corrected chi connectivity index (χ3v) is 6.45. The molecule has 0 N–H and O–H groups in total. The molecule has 2 aromatic carbocycles. The molecule has 1 unspecified atom stereocenters. The highest BCUT2D eigenvalue weighted by molar-refractivity contribution is 5.95. The van der Waals surface area contributed by atoms with Gasteiger partial charge < -0.3 is 14.1 Å². The summed E-state index contributed by atoms with van der Waals surface area (Å²) in [6.45, 7) is 1.70. The van der Waals surface area contributed by atoms with Crippen LogP contribution in [0.4, 0.5) is 13.2 Å². The number of carbonyl (C=O) groups is 2. The van der Waals surface area contributed by atoms with Crippen LogP contribution < -0.4 is 0 Å². The number of carbonyl (C=O) groups excluding carboxylic acids is 2. The maximum absolute atomic E-state index is 13.3. The van der Waals surface area contributed by atoms with Crippen LogP contribution in [0.3, 0.4) is 0 Å².